The highest BCUT2D eigenvalue weighted by atomic mass is 35.5. The maximum atomic E-state index is 12.1. The largest absolute Gasteiger partial charge is 0.354 e. The van der Waals surface area contributed by atoms with Crippen LogP contribution < -0.4 is 10.2 Å². The predicted octanol–water partition coefficient (Wildman–Crippen LogP) is 4.04. The number of halogens is 1. The van der Waals surface area contributed by atoms with Crippen molar-refractivity contribution in [2.24, 2.45) is 0 Å². The van der Waals surface area contributed by atoms with Gasteiger partial charge in [0, 0.05) is 41.4 Å². The Morgan fingerprint density at radius 2 is 2.04 bits per heavy atom. The van der Waals surface area contributed by atoms with Crippen molar-refractivity contribution in [3.8, 4) is 0 Å². The fourth-order valence-corrected chi connectivity index (χ4v) is 3.48. The summed E-state index contributed by atoms with van der Waals surface area (Å²) in [7, 11) is 0. The van der Waals surface area contributed by atoms with Crippen molar-refractivity contribution in [1.29, 1.82) is 0 Å². The first-order valence-corrected chi connectivity index (χ1v) is 9.92. The smallest absolute Gasteiger partial charge is 0.221 e. The van der Waals surface area contributed by atoms with E-state index in [0.29, 0.717) is 29.9 Å². The molecule has 0 unspecified atom stereocenters. The van der Waals surface area contributed by atoms with Gasteiger partial charge >= 0.3 is 0 Å². The maximum absolute atomic E-state index is 12.1. The van der Waals surface area contributed by atoms with Gasteiger partial charge < -0.3 is 10.2 Å². The van der Waals surface area contributed by atoms with E-state index in [4.69, 9.17) is 21.6 Å². The second-order valence-electron chi connectivity index (χ2n) is 7.74. The van der Waals surface area contributed by atoms with E-state index in [1.54, 1.807) is 0 Å². The Bertz CT molecular complexity index is 830. The molecule has 1 heterocycles. The van der Waals surface area contributed by atoms with Crippen molar-refractivity contribution >= 4 is 34.2 Å². The highest BCUT2D eigenvalue weighted by molar-refractivity contribution is 6.31. The minimum absolute atomic E-state index is 0.0921. The van der Waals surface area contributed by atoms with Crippen LogP contribution in [0.1, 0.15) is 57.7 Å². The second kappa shape index (κ2) is 7.03. The molecular weight excluding hydrogens is 348 g/mol. The quantitative estimate of drug-likeness (QED) is 0.796. The lowest BCUT2D eigenvalue weighted by molar-refractivity contribution is -0.121. The number of nitrogens with zero attached hydrogens (tertiary/aromatic N) is 3. The molecule has 2 aliphatic rings. The number of nitrogens with one attached hydrogen (secondary N) is 1. The van der Waals surface area contributed by atoms with Crippen LogP contribution in [-0.2, 0) is 4.79 Å². The Labute approximate surface area is 159 Å². The molecule has 1 amide bonds. The summed E-state index contributed by atoms with van der Waals surface area (Å²) in [5, 5.41) is 4.69. The summed E-state index contributed by atoms with van der Waals surface area (Å²) in [6.07, 6.45) is 5.11. The minimum Gasteiger partial charge on any atom is -0.354 e. The summed E-state index contributed by atoms with van der Waals surface area (Å²) in [6, 6.07) is 6.46. The molecule has 1 aromatic heterocycles. The number of hydrogen-bond acceptors (Lipinski definition) is 4. The molecule has 0 radical (unpaired) electrons. The predicted molar refractivity (Wildman–Crippen MR) is 105 cm³/mol. The molecule has 0 saturated heterocycles. The van der Waals surface area contributed by atoms with E-state index in [2.05, 4.69) is 10.2 Å². The lowest BCUT2D eigenvalue weighted by Crippen LogP contribution is -2.35. The minimum atomic E-state index is 0.0921. The summed E-state index contributed by atoms with van der Waals surface area (Å²) in [5.74, 6) is 2.46. The van der Waals surface area contributed by atoms with E-state index < -0.39 is 0 Å². The number of carbonyl (C=O) groups is 1. The Morgan fingerprint density at radius 1 is 1.27 bits per heavy atom. The van der Waals surface area contributed by atoms with Gasteiger partial charge in [-0.25, -0.2) is 9.97 Å². The van der Waals surface area contributed by atoms with E-state index in [1.165, 1.54) is 0 Å². The summed E-state index contributed by atoms with van der Waals surface area (Å²) >= 11 is 6.20. The maximum Gasteiger partial charge on any atom is 0.221 e. The van der Waals surface area contributed by atoms with Crippen molar-refractivity contribution in [1.82, 2.24) is 15.3 Å². The lowest BCUT2D eigenvalue weighted by atomic mass is 10.2. The van der Waals surface area contributed by atoms with E-state index >= 15 is 0 Å². The van der Waals surface area contributed by atoms with Gasteiger partial charge in [-0.3, -0.25) is 4.79 Å². The first-order valence-electron chi connectivity index (χ1n) is 9.54. The molecule has 1 N–H and O–H groups in total. The average molecular weight is 373 g/mol. The van der Waals surface area contributed by atoms with Crippen LogP contribution in [0.2, 0.25) is 5.02 Å². The average Bonchev–Trinajstić information content (AvgIpc) is 3.46. The van der Waals surface area contributed by atoms with Gasteiger partial charge in [-0.1, -0.05) is 11.6 Å². The zero-order chi connectivity index (χ0) is 18.3. The zero-order valence-corrected chi connectivity index (χ0v) is 16.1. The van der Waals surface area contributed by atoms with Gasteiger partial charge in [-0.2, -0.15) is 0 Å². The number of benzene rings is 1. The molecule has 0 spiro atoms. The first kappa shape index (κ1) is 17.5. The fraction of sp³-hybridized carbons (Fsp3) is 0.550. The molecule has 2 fully saturated rings. The third-order valence-corrected chi connectivity index (χ3v) is 5.12. The molecule has 5 nitrogen and oxygen atoms in total. The fourth-order valence-electron chi connectivity index (χ4n) is 3.31. The van der Waals surface area contributed by atoms with Crippen LogP contribution in [0.15, 0.2) is 18.2 Å². The number of anilines is 1. The number of hydrogen-bond donors (Lipinski definition) is 1. The molecular formula is C20H25ClN4O. The van der Waals surface area contributed by atoms with Gasteiger partial charge in [-0.05, 0) is 57.7 Å². The summed E-state index contributed by atoms with van der Waals surface area (Å²) in [5.41, 5.74) is 0.904. The Balaban J connectivity index is 1.66. The molecule has 2 aliphatic carbocycles. The molecule has 0 bridgehead atoms. The number of aromatic nitrogens is 2. The van der Waals surface area contributed by atoms with Crippen LogP contribution in [0, 0.1) is 0 Å². The summed E-state index contributed by atoms with van der Waals surface area (Å²) < 4.78 is 0. The van der Waals surface area contributed by atoms with Crippen molar-refractivity contribution in [3.05, 3.63) is 29.0 Å². The van der Waals surface area contributed by atoms with Crippen LogP contribution in [-0.4, -0.2) is 34.5 Å². The van der Waals surface area contributed by atoms with Gasteiger partial charge in [0.25, 0.3) is 0 Å². The molecule has 2 saturated carbocycles. The van der Waals surface area contributed by atoms with Crippen LogP contribution in [0.3, 0.4) is 0 Å². The lowest BCUT2D eigenvalue weighted by Gasteiger charge is -2.25. The number of carbonyl (C=O) groups excluding carboxylic acids is 1. The van der Waals surface area contributed by atoms with Crippen molar-refractivity contribution in [2.75, 3.05) is 11.4 Å². The zero-order valence-electron chi connectivity index (χ0n) is 15.3. The van der Waals surface area contributed by atoms with Gasteiger partial charge in [0.15, 0.2) is 0 Å². The third-order valence-electron chi connectivity index (χ3n) is 4.89. The van der Waals surface area contributed by atoms with Gasteiger partial charge in [0.05, 0.1) is 5.52 Å². The van der Waals surface area contributed by atoms with Crippen LogP contribution in [0.5, 0.6) is 0 Å². The van der Waals surface area contributed by atoms with E-state index in [0.717, 1.165) is 48.2 Å². The Hall–Kier alpha value is -1.88. The highest BCUT2D eigenvalue weighted by Gasteiger charge is 2.33. The number of fused-ring (bicyclic) bond motifs is 1. The van der Waals surface area contributed by atoms with E-state index in [9.17, 15) is 4.79 Å². The van der Waals surface area contributed by atoms with Gasteiger partial charge in [-0.15, -0.1) is 0 Å². The van der Waals surface area contributed by atoms with Crippen LogP contribution >= 0.6 is 11.6 Å². The topological polar surface area (TPSA) is 58.1 Å². The molecule has 6 heteroatoms. The molecule has 26 heavy (non-hydrogen) atoms. The van der Waals surface area contributed by atoms with Gasteiger partial charge in [0.2, 0.25) is 5.91 Å². The van der Waals surface area contributed by atoms with Crippen molar-refractivity contribution < 1.29 is 4.79 Å². The Kier molecular flexibility index (Phi) is 4.74. The normalized spacial score (nSPS) is 16.9. The van der Waals surface area contributed by atoms with Crippen molar-refractivity contribution in [3.63, 3.8) is 0 Å². The number of amides is 1. The monoisotopic (exact) mass is 372 g/mol. The molecule has 4 rings (SSSR count). The summed E-state index contributed by atoms with van der Waals surface area (Å²) in [4.78, 5) is 24.1. The highest BCUT2D eigenvalue weighted by Crippen LogP contribution is 2.41. The van der Waals surface area contributed by atoms with E-state index in [1.807, 2.05) is 32.0 Å². The van der Waals surface area contributed by atoms with Crippen LogP contribution in [0.4, 0.5) is 5.82 Å². The molecule has 138 valence electrons. The molecule has 2 aromatic rings. The summed E-state index contributed by atoms with van der Waals surface area (Å²) in [6.45, 7) is 4.66. The van der Waals surface area contributed by atoms with Gasteiger partial charge in [0.1, 0.15) is 11.6 Å². The Morgan fingerprint density at radius 3 is 2.69 bits per heavy atom. The molecule has 0 atom stereocenters. The van der Waals surface area contributed by atoms with Crippen LogP contribution in [0.25, 0.3) is 10.9 Å². The standard InChI is InChI=1S/C20H25ClN4O/c1-12(2)22-18(26)9-10-25(15-6-7-15)20-16-8-5-14(21)11-17(16)23-19(24-20)13-3-4-13/h5,8,11-13,15H,3-4,6-7,9-10H2,1-2H3,(H,22,26). The van der Waals surface area contributed by atoms with Crippen molar-refractivity contribution in [2.45, 2.75) is 64.0 Å². The van der Waals surface area contributed by atoms with E-state index in [-0.39, 0.29) is 11.9 Å². The molecule has 0 aliphatic heterocycles. The first-order chi connectivity index (χ1) is 12.5. The second-order valence-corrected chi connectivity index (χ2v) is 8.17. The SMILES string of the molecule is CC(C)NC(=O)CCN(c1nc(C2CC2)nc2cc(Cl)ccc12)C1CC1. The number of rotatable bonds is 7. The molecule has 1 aromatic carbocycles. The third kappa shape index (κ3) is 3.93.